The molecular weight excluding hydrogens is 267 g/mol. The summed E-state index contributed by atoms with van der Waals surface area (Å²) in [6.45, 7) is 2.23. The highest BCUT2D eigenvalue weighted by Crippen LogP contribution is 2.25. The van der Waals surface area contributed by atoms with E-state index in [0.717, 1.165) is 18.4 Å². The summed E-state index contributed by atoms with van der Waals surface area (Å²) in [5.74, 6) is 5.56. The first-order valence-electron chi connectivity index (χ1n) is 8.02. The second-order valence-electron chi connectivity index (χ2n) is 5.52. The summed E-state index contributed by atoms with van der Waals surface area (Å²) >= 11 is 0. The summed E-state index contributed by atoms with van der Waals surface area (Å²) in [5, 5.41) is 0. The van der Waals surface area contributed by atoms with E-state index < -0.39 is 0 Å². The van der Waals surface area contributed by atoms with Gasteiger partial charge >= 0.3 is 0 Å². The molecule has 3 N–H and O–H groups in total. The molecule has 0 bridgehead atoms. The van der Waals surface area contributed by atoms with Crippen molar-refractivity contribution in [1.29, 1.82) is 0 Å². The van der Waals surface area contributed by atoms with Gasteiger partial charge in [-0.2, -0.15) is 0 Å². The van der Waals surface area contributed by atoms with E-state index in [-0.39, 0.29) is 17.6 Å². The first kappa shape index (κ1) is 17.9. The molecule has 1 aromatic rings. The minimum absolute atomic E-state index is 0.0511. The zero-order valence-electron chi connectivity index (χ0n) is 13.3. The topological polar surface area (TPSA) is 47.3 Å². The van der Waals surface area contributed by atoms with Crippen molar-refractivity contribution in [3.8, 4) is 5.75 Å². The molecule has 0 saturated carbocycles. The second kappa shape index (κ2) is 10.6. The lowest BCUT2D eigenvalue weighted by Gasteiger charge is -2.17. The fourth-order valence-corrected chi connectivity index (χ4v) is 2.54. The number of hydrogen-bond acceptors (Lipinski definition) is 3. The molecule has 0 amide bonds. The third-order valence-electron chi connectivity index (χ3n) is 3.88. The molecule has 1 unspecified atom stereocenters. The van der Waals surface area contributed by atoms with Crippen molar-refractivity contribution in [2.45, 2.75) is 64.3 Å². The van der Waals surface area contributed by atoms with Gasteiger partial charge < -0.3 is 4.74 Å². The Balaban J connectivity index is 2.37. The van der Waals surface area contributed by atoms with E-state index in [1.165, 1.54) is 51.7 Å². The summed E-state index contributed by atoms with van der Waals surface area (Å²) in [7, 11) is 1.48. The van der Waals surface area contributed by atoms with Crippen molar-refractivity contribution in [3.63, 3.8) is 0 Å². The Kier molecular flexibility index (Phi) is 9.02. The van der Waals surface area contributed by atoms with Gasteiger partial charge in [-0.25, -0.2) is 4.39 Å². The Labute approximate surface area is 128 Å². The van der Waals surface area contributed by atoms with Crippen LogP contribution in [0.2, 0.25) is 0 Å². The molecule has 0 saturated heterocycles. The third-order valence-corrected chi connectivity index (χ3v) is 3.88. The zero-order chi connectivity index (χ0) is 15.5. The van der Waals surface area contributed by atoms with E-state index in [4.69, 9.17) is 10.6 Å². The van der Waals surface area contributed by atoms with Gasteiger partial charge in [0.25, 0.3) is 0 Å². The average Bonchev–Trinajstić information content (AvgIpc) is 2.51. The van der Waals surface area contributed by atoms with Gasteiger partial charge in [0.1, 0.15) is 0 Å². The summed E-state index contributed by atoms with van der Waals surface area (Å²) in [6, 6.07) is 4.98. The summed E-state index contributed by atoms with van der Waals surface area (Å²) in [5.41, 5.74) is 3.80. The fraction of sp³-hybridized carbons (Fsp3) is 0.647. The van der Waals surface area contributed by atoms with Gasteiger partial charge in [-0.05, 0) is 24.1 Å². The largest absolute Gasteiger partial charge is 0.494 e. The maximum absolute atomic E-state index is 13.4. The predicted octanol–water partition coefficient (Wildman–Crippen LogP) is 4.48. The molecule has 0 heterocycles. The van der Waals surface area contributed by atoms with E-state index in [1.54, 1.807) is 12.1 Å². The van der Waals surface area contributed by atoms with E-state index in [0.29, 0.717) is 0 Å². The molecule has 0 radical (unpaired) electrons. The van der Waals surface area contributed by atoms with E-state index >= 15 is 0 Å². The van der Waals surface area contributed by atoms with Crippen LogP contribution >= 0.6 is 0 Å². The Hall–Kier alpha value is -1.13. The molecule has 1 aromatic carbocycles. The van der Waals surface area contributed by atoms with Crippen molar-refractivity contribution in [1.82, 2.24) is 5.43 Å². The highest BCUT2D eigenvalue weighted by Gasteiger charge is 2.12. The molecule has 1 rings (SSSR count). The number of benzene rings is 1. The second-order valence-corrected chi connectivity index (χ2v) is 5.52. The minimum Gasteiger partial charge on any atom is -0.494 e. The van der Waals surface area contributed by atoms with Gasteiger partial charge in [0, 0.05) is 6.04 Å². The Bertz CT molecular complexity index is 398. The molecule has 3 nitrogen and oxygen atoms in total. The Morgan fingerprint density at radius 3 is 2.43 bits per heavy atom. The van der Waals surface area contributed by atoms with Crippen molar-refractivity contribution < 1.29 is 9.13 Å². The van der Waals surface area contributed by atoms with Gasteiger partial charge in [0.2, 0.25) is 0 Å². The van der Waals surface area contributed by atoms with Gasteiger partial charge in [-0.1, -0.05) is 57.9 Å². The average molecular weight is 296 g/mol. The Morgan fingerprint density at radius 1 is 1.14 bits per heavy atom. The number of nitrogens with one attached hydrogen (secondary N) is 1. The highest BCUT2D eigenvalue weighted by atomic mass is 19.1. The van der Waals surface area contributed by atoms with Gasteiger partial charge in [-0.3, -0.25) is 11.3 Å². The van der Waals surface area contributed by atoms with Crippen molar-refractivity contribution in [2.24, 2.45) is 5.84 Å². The molecule has 0 aromatic heterocycles. The molecular formula is C17H29FN2O. The standard InChI is InChI=1S/C17H29FN2O/c1-3-4-5-6-7-8-9-10-16(20-19)14-11-12-15(18)17(13-14)21-2/h11-13,16,20H,3-10,19H2,1-2H3. The number of rotatable bonds is 11. The van der Waals surface area contributed by atoms with E-state index in [1.807, 2.05) is 0 Å². The lowest BCUT2D eigenvalue weighted by molar-refractivity contribution is 0.384. The predicted molar refractivity (Wildman–Crippen MR) is 85.6 cm³/mol. The number of hydrazine groups is 1. The molecule has 0 aliphatic heterocycles. The molecule has 120 valence electrons. The van der Waals surface area contributed by atoms with Gasteiger partial charge in [0.15, 0.2) is 11.6 Å². The maximum Gasteiger partial charge on any atom is 0.165 e. The number of nitrogens with two attached hydrogens (primary N) is 1. The van der Waals surface area contributed by atoms with Crippen LogP contribution in [0, 0.1) is 5.82 Å². The molecule has 0 spiro atoms. The molecule has 1 atom stereocenters. The first-order chi connectivity index (χ1) is 10.2. The van der Waals surface area contributed by atoms with Crippen LogP contribution in [0.1, 0.15) is 69.9 Å². The van der Waals surface area contributed by atoms with Crippen LogP contribution in [-0.2, 0) is 0 Å². The van der Waals surface area contributed by atoms with Crippen LogP contribution in [0.4, 0.5) is 4.39 Å². The van der Waals surface area contributed by atoms with Crippen LogP contribution in [0.15, 0.2) is 18.2 Å². The first-order valence-corrected chi connectivity index (χ1v) is 8.02. The monoisotopic (exact) mass is 296 g/mol. The summed E-state index contributed by atoms with van der Waals surface area (Å²) < 4.78 is 18.4. The van der Waals surface area contributed by atoms with Gasteiger partial charge in [-0.15, -0.1) is 0 Å². The number of ether oxygens (including phenoxy) is 1. The number of halogens is 1. The van der Waals surface area contributed by atoms with Gasteiger partial charge in [0.05, 0.1) is 7.11 Å². The molecule has 4 heteroatoms. The lowest BCUT2D eigenvalue weighted by atomic mass is 9.99. The van der Waals surface area contributed by atoms with Crippen LogP contribution in [0.3, 0.4) is 0 Å². The van der Waals surface area contributed by atoms with Crippen molar-refractivity contribution >= 4 is 0 Å². The minimum atomic E-state index is -0.340. The van der Waals surface area contributed by atoms with E-state index in [2.05, 4.69) is 12.3 Å². The maximum atomic E-state index is 13.4. The molecule has 21 heavy (non-hydrogen) atoms. The third kappa shape index (κ3) is 6.44. The van der Waals surface area contributed by atoms with Crippen LogP contribution < -0.4 is 16.0 Å². The molecule has 0 aliphatic rings. The van der Waals surface area contributed by atoms with Crippen LogP contribution in [0.25, 0.3) is 0 Å². The lowest BCUT2D eigenvalue weighted by Crippen LogP contribution is -2.28. The SMILES string of the molecule is CCCCCCCCCC(NN)c1ccc(F)c(OC)c1. The van der Waals surface area contributed by atoms with E-state index in [9.17, 15) is 4.39 Å². The quantitative estimate of drug-likeness (QED) is 0.359. The highest BCUT2D eigenvalue weighted by molar-refractivity contribution is 5.32. The molecule has 0 aliphatic carbocycles. The fourth-order valence-electron chi connectivity index (χ4n) is 2.54. The number of unbranched alkanes of at least 4 members (excludes halogenated alkanes) is 6. The number of methoxy groups -OCH3 is 1. The smallest absolute Gasteiger partial charge is 0.165 e. The molecule has 0 fully saturated rings. The van der Waals surface area contributed by atoms with Crippen molar-refractivity contribution in [3.05, 3.63) is 29.6 Å². The number of hydrogen-bond donors (Lipinski definition) is 2. The van der Waals surface area contributed by atoms with Crippen LogP contribution in [0.5, 0.6) is 5.75 Å². The summed E-state index contributed by atoms with van der Waals surface area (Å²) in [6.07, 6.45) is 9.86. The zero-order valence-corrected chi connectivity index (χ0v) is 13.3. The normalized spacial score (nSPS) is 12.4. The van der Waals surface area contributed by atoms with Crippen molar-refractivity contribution in [2.75, 3.05) is 7.11 Å². The summed E-state index contributed by atoms with van der Waals surface area (Å²) in [4.78, 5) is 0. The van der Waals surface area contributed by atoms with Crippen LogP contribution in [-0.4, -0.2) is 7.11 Å². The Morgan fingerprint density at radius 2 is 1.81 bits per heavy atom.